The summed E-state index contributed by atoms with van der Waals surface area (Å²) < 4.78 is 0. The second kappa shape index (κ2) is 7.06. The molecule has 0 saturated carbocycles. The van der Waals surface area contributed by atoms with E-state index in [0.29, 0.717) is 0 Å². The molecule has 0 aromatic heterocycles. The maximum absolute atomic E-state index is 11.3. The Labute approximate surface area is 130 Å². The first-order chi connectivity index (χ1) is 9.65. The van der Waals surface area contributed by atoms with E-state index in [9.17, 15) is 4.79 Å². The van der Waals surface area contributed by atoms with Crippen LogP contribution in [0.25, 0.3) is 0 Å². The van der Waals surface area contributed by atoms with Gasteiger partial charge in [0.2, 0.25) is 0 Å². The van der Waals surface area contributed by atoms with E-state index in [0.717, 1.165) is 5.57 Å². The van der Waals surface area contributed by atoms with E-state index >= 15 is 0 Å². The molecule has 0 amide bonds. The Morgan fingerprint density at radius 2 is 1.57 bits per heavy atom. The zero-order valence-electron chi connectivity index (χ0n) is 14.8. The van der Waals surface area contributed by atoms with Crippen LogP contribution in [0, 0.1) is 5.41 Å². The summed E-state index contributed by atoms with van der Waals surface area (Å²) in [6, 6.07) is 0. The van der Waals surface area contributed by atoms with E-state index in [1.807, 2.05) is 19.1 Å². The Morgan fingerprint density at radius 1 is 1.00 bits per heavy atom. The molecule has 0 N–H and O–H groups in total. The summed E-state index contributed by atoms with van der Waals surface area (Å²) in [5, 5.41) is 0. The topological polar surface area (TPSA) is 17.1 Å². The first kappa shape index (κ1) is 17.7. The monoisotopic (exact) mass is 286 g/mol. The van der Waals surface area contributed by atoms with Gasteiger partial charge >= 0.3 is 0 Å². The average Bonchev–Trinajstić information content (AvgIpc) is 2.39. The lowest BCUT2D eigenvalue weighted by Crippen LogP contribution is -2.19. The molecule has 1 aliphatic carbocycles. The van der Waals surface area contributed by atoms with E-state index in [2.05, 4.69) is 40.7 Å². The fraction of sp³-hybridized carbons (Fsp3) is 0.550. The van der Waals surface area contributed by atoms with Crippen LogP contribution in [-0.4, -0.2) is 5.78 Å². The van der Waals surface area contributed by atoms with Crippen LogP contribution in [0.4, 0.5) is 0 Å². The Balaban J connectivity index is 3.07. The van der Waals surface area contributed by atoms with E-state index in [1.165, 1.54) is 41.6 Å². The maximum Gasteiger partial charge on any atom is 0.155 e. The van der Waals surface area contributed by atoms with Crippen LogP contribution in [0.2, 0.25) is 0 Å². The van der Waals surface area contributed by atoms with Crippen molar-refractivity contribution in [2.45, 2.75) is 67.7 Å². The van der Waals surface area contributed by atoms with Crippen LogP contribution in [0.15, 0.2) is 46.1 Å². The highest BCUT2D eigenvalue weighted by Gasteiger charge is 2.26. The molecule has 0 fully saturated rings. The van der Waals surface area contributed by atoms with Crippen molar-refractivity contribution in [3.05, 3.63) is 46.1 Å². The van der Waals surface area contributed by atoms with Gasteiger partial charge in [0.05, 0.1) is 0 Å². The Kier molecular flexibility index (Phi) is 5.95. The van der Waals surface area contributed by atoms with Crippen molar-refractivity contribution in [1.29, 1.82) is 0 Å². The van der Waals surface area contributed by atoms with E-state index in [1.54, 1.807) is 6.92 Å². The second-order valence-corrected chi connectivity index (χ2v) is 7.01. The number of hydrogen-bond acceptors (Lipinski definition) is 1. The van der Waals surface area contributed by atoms with Gasteiger partial charge in [-0.05, 0) is 81.6 Å². The van der Waals surface area contributed by atoms with Gasteiger partial charge < -0.3 is 0 Å². The summed E-state index contributed by atoms with van der Waals surface area (Å²) in [6.07, 6.45) is 10.1. The van der Waals surface area contributed by atoms with Crippen molar-refractivity contribution in [2.75, 3.05) is 0 Å². The Morgan fingerprint density at radius 3 is 2.10 bits per heavy atom. The summed E-state index contributed by atoms with van der Waals surface area (Å²) in [7, 11) is 0. The van der Waals surface area contributed by atoms with Crippen molar-refractivity contribution < 1.29 is 4.79 Å². The van der Waals surface area contributed by atoms with E-state index in [-0.39, 0.29) is 11.2 Å². The number of hydrogen-bond donors (Lipinski definition) is 0. The Hall–Kier alpha value is -1.37. The predicted octanol–water partition coefficient (Wildman–Crippen LogP) is 5.94. The van der Waals surface area contributed by atoms with Crippen molar-refractivity contribution >= 4 is 5.78 Å². The number of carbonyl (C=O) groups excluding carboxylic acids is 1. The van der Waals surface area contributed by atoms with Gasteiger partial charge in [0.25, 0.3) is 0 Å². The van der Waals surface area contributed by atoms with Gasteiger partial charge in [-0.25, -0.2) is 0 Å². The highest BCUT2D eigenvalue weighted by Crippen LogP contribution is 2.41. The Bertz CT molecular complexity index is 536. The van der Waals surface area contributed by atoms with Crippen LogP contribution < -0.4 is 0 Å². The van der Waals surface area contributed by atoms with Crippen LogP contribution in [0.5, 0.6) is 0 Å². The number of allylic oxidation sites excluding steroid dienone is 8. The number of Topliss-reactive ketones (excluding diaryl/α,β-unsaturated/α-hetero) is 1. The van der Waals surface area contributed by atoms with Gasteiger partial charge in [-0.15, -0.1) is 0 Å². The molecule has 0 radical (unpaired) electrons. The van der Waals surface area contributed by atoms with E-state index < -0.39 is 0 Å². The highest BCUT2D eigenvalue weighted by atomic mass is 16.1. The van der Waals surface area contributed by atoms with Gasteiger partial charge in [-0.2, -0.15) is 0 Å². The molecule has 0 spiro atoms. The summed E-state index contributed by atoms with van der Waals surface area (Å²) >= 11 is 0. The molecule has 0 aliphatic heterocycles. The summed E-state index contributed by atoms with van der Waals surface area (Å²) in [5.74, 6) is 0.132. The first-order valence-electron chi connectivity index (χ1n) is 7.90. The lowest BCUT2D eigenvalue weighted by molar-refractivity contribution is -0.113. The molecule has 0 aromatic carbocycles. The van der Waals surface area contributed by atoms with Gasteiger partial charge in [0, 0.05) is 0 Å². The maximum atomic E-state index is 11.3. The van der Waals surface area contributed by atoms with Crippen molar-refractivity contribution in [2.24, 2.45) is 5.41 Å². The molecule has 1 heteroatoms. The molecule has 0 atom stereocenters. The minimum atomic E-state index is 0.132. The smallest absolute Gasteiger partial charge is 0.155 e. The highest BCUT2D eigenvalue weighted by molar-refractivity contribution is 5.92. The zero-order valence-corrected chi connectivity index (χ0v) is 14.8. The number of carbonyl (C=O) groups is 1. The standard InChI is InChI=1S/C20H30O/c1-14(10-11-15(2)18(5)21)17(4)13-19-16(3)9-8-12-20(19,6)7/h10-11,13H,8-9,12H2,1-7H3. The zero-order chi connectivity index (χ0) is 16.2. The summed E-state index contributed by atoms with van der Waals surface area (Å²) in [5.41, 5.74) is 6.59. The molecule has 0 aromatic rings. The minimum Gasteiger partial charge on any atom is -0.295 e. The van der Waals surface area contributed by atoms with Crippen molar-refractivity contribution in [3.63, 3.8) is 0 Å². The molecule has 1 rings (SSSR count). The van der Waals surface area contributed by atoms with Gasteiger partial charge in [-0.3, -0.25) is 4.79 Å². The molecule has 1 nitrogen and oxygen atoms in total. The third-order valence-electron chi connectivity index (χ3n) is 4.66. The van der Waals surface area contributed by atoms with Gasteiger partial charge in [-0.1, -0.05) is 37.6 Å². The third kappa shape index (κ3) is 4.84. The molecule has 0 saturated heterocycles. The van der Waals surface area contributed by atoms with Crippen molar-refractivity contribution in [1.82, 2.24) is 0 Å². The summed E-state index contributed by atoms with van der Waals surface area (Å²) in [6.45, 7) is 14.7. The largest absolute Gasteiger partial charge is 0.295 e. The molecule has 116 valence electrons. The normalized spacial score (nSPS) is 20.8. The molecule has 0 bridgehead atoms. The fourth-order valence-electron chi connectivity index (χ4n) is 2.79. The molecule has 0 unspecified atom stereocenters. The fourth-order valence-corrected chi connectivity index (χ4v) is 2.79. The molecular formula is C20H30O. The van der Waals surface area contributed by atoms with Crippen LogP contribution in [-0.2, 0) is 4.79 Å². The van der Waals surface area contributed by atoms with Crippen LogP contribution in [0.3, 0.4) is 0 Å². The number of rotatable bonds is 4. The minimum absolute atomic E-state index is 0.132. The predicted molar refractivity (Wildman–Crippen MR) is 92.3 cm³/mol. The number of ketones is 1. The SMILES string of the molecule is CC(=O)C(C)=CC=C(C)C(C)=CC1=C(C)CCCC1(C)C. The molecule has 21 heavy (non-hydrogen) atoms. The van der Waals surface area contributed by atoms with Gasteiger partial charge in [0.1, 0.15) is 0 Å². The summed E-state index contributed by atoms with van der Waals surface area (Å²) in [4.78, 5) is 11.3. The quantitative estimate of drug-likeness (QED) is 0.461. The van der Waals surface area contributed by atoms with E-state index in [4.69, 9.17) is 0 Å². The van der Waals surface area contributed by atoms with Crippen LogP contribution >= 0.6 is 0 Å². The van der Waals surface area contributed by atoms with Crippen molar-refractivity contribution in [3.8, 4) is 0 Å². The van der Waals surface area contributed by atoms with Gasteiger partial charge in [0.15, 0.2) is 5.78 Å². The lowest BCUT2D eigenvalue weighted by Gasteiger charge is -2.33. The average molecular weight is 286 g/mol. The molecular weight excluding hydrogens is 256 g/mol. The third-order valence-corrected chi connectivity index (χ3v) is 4.66. The molecule has 1 aliphatic rings. The van der Waals surface area contributed by atoms with Crippen LogP contribution in [0.1, 0.15) is 67.7 Å². The lowest BCUT2D eigenvalue weighted by atomic mass is 9.72. The first-order valence-corrected chi connectivity index (χ1v) is 7.90. The second-order valence-electron chi connectivity index (χ2n) is 7.01. The molecule has 0 heterocycles.